The number of ether oxygens (including phenoxy) is 1. The molecule has 0 radical (unpaired) electrons. The molecule has 1 saturated heterocycles. The molecule has 0 bridgehead atoms. The first-order valence-electron chi connectivity index (χ1n) is 9.11. The van der Waals surface area contributed by atoms with Crippen molar-refractivity contribution in [3.63, 3.8) is 0 Å². The van der Waals surface area contributed by atoms with Crippen molar-refractivity contribution >= 4 is 5.91 Å². The van der Waals surface area contributed by atoms with Gasteiger partial charge in [-0.15, -0.1) is 0 Å². The van der Waals surface area contributed by atoms with E-state index in [-0.39, 0.29) is 23.0 Å². The Balaban J connectivity index is 1.88. The van der Waals surface area contributed by atoms with Gasteiger partial charge in [-0.3, -0.25) is 9.69 Å². The summed E-state index contributed by atoms with van der Waals surface area (Å²) in [6.45, 7) is 10.1. The number of carbonyl (C=O) groups is 1. The molecule has 1 heterocycles. The van der Waals surface area contributed by atoms with Crippen LogP contribution in [0, 0.1) is 5.41 Å². The minimum atomic E-state index is -0.337. The van der Waals surface area contributed by atoms with Gasteiger partial charge in [-0.1, -0.05) is 26.7 Å². The summed E-state index contributed by atoms with van der Waals surface area (Å²) in [5.41, 5.74) is -0.0338. The van der Waals surface area contributed by atoms with E-state index in [1.54, 1.807) is 6.92 Å². The number of aliphatic hydroxyl groups excluding tert-OH is 1. The fraction of sp³-hybridized carbons (Fsp3) is 0.944. The number of nitrogens with one attached hydrogen (secondary N) is 1. The van der Waals surface area contributed by atoms with Gasteiger partial charge in [0.25, 0.3) is 0 Å². The highest BCUT2D eigenvalue weighted by atomic mass is 16.5. The first-order chi connectivity index (χ1) is 10.8. The van der Waals surface area contributed by atoms with Crippen molar-refractivity contribution in [2.45, 2.75) is 70.9 Å². The molecule has 2 rings (SSSR count). The van der Waals surface area contributed by atoms with Gasteiger partial charge in [0.1, 0.15) is 0 Å². The summed E-state index contributed by atoms with van der Waals surface area (Å²) in [6, 6.07) is 0. The Labute approximate surface area is 140 Å². The third-order valence-corrected chi connectivity index (χ3v) is 5.32. The fourth-order valence-corrected chi connectivity index (χ4v) is 4.25. The highest BCUT2D eigenvalue weighted by molar-refractivity contribution is 5.77. The van der Waals surface area contributed by atoms with E-state index in [2.05, 4.69) is 24.1 Å². The van der Waals surface area contributed by atoms with Crippen molar-refractivity contribution in [2.75, 3.05) is 32.8 Å². The molecule has 134 valence electrons. The third kappa shape index (κ3) is 5.44. The molecule has 2 aliphatic rings. The average Bonchev–Trinajstić information content (AvgIpc) is 2.95. The van der Waals surface area contributed by atoms with Crippen molar-refractivity contribution in [1.82, 2.24) is 10.2 Å². The molecule has 1 saturated carbocycles. The molecule has 1 amide bonds. The van der Waals surface area contributed by atoms with Crippen LogP contribution < -0.4 is 5.32 Å². The molecular formula is C18H34N2O3. The number of amides is 1. The van der Waals surface area contributed by atoms with E-state index >= 15 is 0 Å². The second kappa shape index (κ2) is 7.95. The van der Waals surface area contributed by atoms with E-state index in [1.165, 1.54) is 12.8 Å². The molecule has 0 aromatic heterocycles. The lowest BCUT2D eigenvalue weighted by atomic mass is 9.86. The van der Waals surface area contributed by atoms with Crippen LogP contribution in [0.1, 0.15) is 59.3 Å². The molecule has 5 nitrogen and oxygen atoms in total. The van der Waals surface area contributed by atoms with Crippen molar-refractivity contribution in [1.29, 1.82) is 0 Å². The van der Waals surface area contributed by atoms with Crippen molar-refractivity contribution in [3.8, 4) is 0 Å². The Morgan fingerprint density at radius 1 is 1.30 bits per heavy atom. The molecule has 5 heteroatoms. The largest absolute Gasteiger partial charge is 0.393 e. The fourth-order valence-electron chi connectivity index (χ4n) is 4.25. The van der Waals surface area contributed by atoms with E-state index in [0.29, 0.717) is 19.4 Å². The van der Waals surface area contributed by atoms with Gasteiger partial charge in [-0.2, -0.15) is 0 Å². The standard InChI is InChI=1S/C18H34N2O3/c1-15(21)12-17(2,3)14-19-16(22)13-18(6-4-5-7-18)20-8-10-23-11-9-20/h15,21H,4-14H2,1-3H3,(H,19,22)/t15-/m1/s1. The first kappa shape index (κ1) is 18.7. The molecule has 1 atom stereocenters. The second-order valence-corrected chi connectivity index (χ2v) is 8.20. The van der Waals surface area contributed by atoms with Crippen LogP contribution in [0.25, 0.3) is 0 Å². The summed E-state index contributed by atoms with van der Waals surface area (Å²) >= 11 is 0. The summed E-state index contributed by atoms with van der Waals surface area (Å²) in [5.74, 6) is 0.150. The Morgan fingerprint density at radius 2 is 1.91 bits per heavy atom. The Morgan fingerprint density at radius 3 is 2.48 bits per heavy atom. The highest BCUT2D eigenvalue weighted by Crippen LogP contribution is 2.38. The van der Waals surface area contributed by atoms with Crippen LogP contribution in [0.4, 0.5) is 0 Å². The maximum absolute atomic E-state index is 12.5. The molecule has 1 aliphatic carbocycles. The maximum atomic E-state index is 12.5. The molecule has 0 spiro atoms. The summed E-state index contributed by atoms with van der Waals surface area (Å²) in [7, 11) is 0. The van der Waals surface area contributed by atoms with Gasteiger partial charge in [0.2, 0.25) is 5.91 Å². The Bertz CT molecular complexity index is 384. The van der Waals surface area contributed by atoms with Gasteiger partial charge < -0.3 is 15.2 Å². The van der Waals surface area contributed by atoms with Crippen LogP contribution >= 0.6 is 0 Å². The normalized spacial score (nSPS) is 23.7. The number of hydrogen-bond acceptors (Lipinski definition) is 4. The van der Waals surface area contributed by atoms with Crippen LogP contribution in [0.2, 0.25) is 0 Å². The molecule has 2 fully saturated rings. The summed E-state index contributed by atoms with van der Waals surface area (Å²) in [6.07, 6.45) is 5.64. The number of aliphatic hydroxyl groups is 1. The second-order valence-electron chi connectivity index (χ2n) is 8.20. The van der Waals surface area contributed by atoms with E-state index in [0.717, 1.165) is 39.1 Å². The zero-order valence-electron chi connectivity index (χ0n) is 15.1. The predicted octanol–water partition coefficient (Wildman–Crippen LogP) is 1.93. The number of carbonyl (C=O) groups excluding carboxylic acids is 1. The summed E-state index contributed by atoms with van der Waals surface area (Å²) in [5, 5.41) is 12.7. The maximum Gasteiger partial charge on any atom is 0.221 e. The van der Waals surface area contributed by atoms with Crippen molar-refractivity contribution < 1.29 is 14.6 Å². The van der Waals surface area contributed by atoms with Gasteiger partial charge in [0, 0.05) is 31.6 Å². The van der Waals surface area contributed by atoms with Crippen molar-refractivity contribution in [2.24, 2.45) is 5.41 Å². The lowest BCUT2D eigenvalue weighted by Crippen LogP contribution is -2.54. The molecule has 0 aromatic rings. The predicted molar refractivity (Wildman–Crippen MR) is 91.3 cm³/mol. The van der Waals surface area contributed by atoms with Crippen LogP contribution in [0.3, 0.4) is 0 Å². The first-order valence-corrected chi connectivity index (χ1v) is 9.11. The number of rotatable bonds is 7. The summed E-state index contributed by atoms with van der Waals surface area (Å²) < 4.78 is 5.47. The van der Waals surface area contributed by atoms with E-state index in [9.17, 15) is 9.90 Å². The van der Waals surface area contributed by atoms with Crippen LogP contribution in [-0.2, 0) is 9.53 Å². The van der Waals surface area contributed by atoms with Crippen LogP contribution in [0.15, 0.2) is 0 Å². The minimum absolute atomic E-state index is 0.0439. The quantitative estimate of drug-likeness (QED) is 0.750. The molecule has 0 aromatic carbocycles. The van der Waals surface area contributed by atoms with E-state index in [4.69, 9.17) is 4.74 Å². The van der Waals surface area contributed by atoms with Gasteiger partial charge in [-0.25, -0.2) is 0 Å². The van der Waals surface area contributed by atoms with Crippen LogP contribution in [0.5, 0.6) is 0 Å². The number of nitrogens with zero attached hydrogens (tertiary/aromatic N) is 1. The SMILES string of the molecule is C[C@@H](O)CC(C)(C)CNC(=O)CC1(N2CCOCC2)CCCC1. The Kier molecular flexibility index (Phi) is 6.46. The van der Waals surface area contributed by atoms with Crippen molar-refractivity contribution in [3.05, 3.63) is 0 Å². The Hall–Kier alpha value is -0.650. The molecule has 1 aliphatic heterocycles. The van der Waals surface area contributed by atoms with Gasteiger partial charge in [0.05, 0.1) is 19.3 Å². The van der Waals surface area contributed by atoms with Gasteiger partial charge >= 0.3 is 0 Å². The number of morpholine rings is 1. The molecule has 0 unspecified atom stereocenters. The highest BCUT2D eigenvalue weighted by Gasteiger charge is 2.41. The lowest BCUT2D eigenvalue weighted by molar-refractivity contribution is -0.126. The topological polar surface area (TPSA) is 61.8 Å². The zero-order chi connectivity index (χ0) is 16.9. The lowest BCUT2D eigenvalue weighted by Gasteiger charge is -2.43. The van der Waals surface area contributed by atoms with Gasteiger partial charge in [0.15, 0.2) is 0 Å². The molecular weight excluding hydrogens is 292 g/mol. The smallest absolute Gasteiger partial charge is 0.221 e. The minimum Gasteiger partial charge on any atom is -0.393 e. The summed E-state index contributed by atoms with van der Waals surface area (Å²) in [4.78, 5) is 15.0. The average molecular weight is 326 g/mol. The molecule has 2 N–H and O–H groups in total. The zero-order valence-corrected chi connectivity index (χ0v) is 15.1. The van der Waals surface area contributed by atoms with Gasteiger partial charge in [-0.05, 0) is 31.6 Å². The monoisotopic (exact) mass is 326 g/mol. The van der Waals surface area contributed by atoms with E-state index < -0.39 is 0 Å². The van der Waals surface area contributed by atoms with Crippen LogP contribution in [-0.4, -0.2) is 60.4 Å². The molecule has 23 heavy (non-hydrogen) atoms. The third-order valence-electron chi connectivity index (χ3n) is 5.32. The number of hydrogen-bond donors (Lipinski definition) is 2. The van der Waals surface area contributed by atoms with E-state index in [1.807, 2.05) is 0 Å².